The molecule has 0 saturated heterocycles. The molecule has 0 aliphatic heterocycles. The molecule has 7 nitrogen and oxygen atoms in total. The largest absolute Gasteiger partial charge is 0.480 e. The van der Waals surface area contributed by atoms with Crippen LogP contribution in [0.1, 0.15) is 17.3 Å². The first-order valence-corrected chi connectivity index (χ1v) is 9.16. The van der Waals surface area contributed by atoms with E-state index in [1.165, 1.54) is 30.3 Å². The molecule has 0 bridgehead atoms. The van der Waals surface area contributed by atoms with Crippen LogP contribution in [-0.2, 0) is 9.53 Å². The van der Waals surface area contributed by atoms with Gasteiger partial charge in [0.2, 0.25) is 0 Å². The molecule has 29 heavy (non-hydrogen) atoms. The molecule has 9 heteroatoms. The number of esters is 2. The quantitative estimate of drug-likeness (QED) is 0.323. The summed E-state index contributed by atoms with van der Waals surface area (Å²) in [6.07, 6.45) is 0. The van der Waals surface area contributed by atoms with E-state index in [-0.39, 0.29) is 34.3 Å². The van der Waals surface area contributed by atoms with Crippen LogP contribution >= 0.6 is 23.2 Å². The summed E-state index contributed by atoms with van der Waals surface area (Å²) in [7, 11) is 0. The summed E-state index contributed by atoms with van der Waals surface area (Å²) in [6, 6.07) is 10.3. The van der Waals surface area contributed by atoms with Gasteiger partial charge in [-0.25, -0.2) is 14.4 Å². The Morgan fingerprint density at radius 1 is 1.07 bits per heavy atom. The molecule has 0 aliphatic rings. The van der Waals surface area contributed by atoms with Crippen LogP contribution in [0.3, 0.4) is 0 Å². The maximum absolute atomic E-state index is 12.0. The lowest BCUT2D eigenvalue weighted by Gasteiger charge is -2.09. The molecule has 1 aromatic heterocycles. The number of carbonyl (C=O) groups excluding carboxylic acids is 2. The monoisotopic (exact) mass is 436 g/mol. The molecule has 2 aromatic carbocycles. The second-order valence-electron chi connectivity index (χ2n) is 5.71. The van der Waals surface area contributed by atoms with Crippen LogP contribution < -0.4 is 15.1 Å². The summed E-state index contributed by atoms with van der Waals surface area (Å²) in [6.45, 7) is 1.37. The highest BCUT2D eigenvalue weighted by Crippen LogP contribution is 2.27. The van der Waals surface area contributed by atoms with Crippen molar-refractivity contribution < 1.29 is 28.2 Å². The van der Waals surface area contributed by atoms with E-state index in [0.717, 1.165) is 0 Å². The van der Waals surface area contributed by atoms with Crippen LogP contribution in [-0.4, -0.2) is 25.2 Å². The van der Waals surface area contributed by atoms with E-state index in [4.69, 9.17) is 41.8 Å². The lowest BCUT2D eigenvalue weighted by molar-refractivity contribution is -0.136. The lowest BCUT2D eigenvalue weighted by atomic mass is 10.2. The van der Waals surface area contributed by atoms with Gasteiger partial charge < -0.3 is 18.6 Å². The molecule has 0 unspecified atom stereocenters. The van der Waals surface area contributed by atoms with E-state index in [1.54, 1.807) is 19.1 Å². The third kappa shape index (κ3) is 5.07. The molecule has 0 N–H and O–H groups in total. The van der Waals surface area contributed by atoms with E-state index in [0.29, 0.717) is 10.4 Å². The zero-order valence-corrected chi connectivity index (χ0v) is 16.6. The van der Waals surface area contributed by atoms with Crippen molar-refractivity contribution in [3.8, 4) is 11.5 Å². The number of carbonyl (C=O) groups is 2. The summed E-state index contributed by atoms with van der Waals surface area (Å²) in [5.74, 6) is -1.04. The molecule has 0 atom stereocenters. The molecule has 0 saturated carbocycles. The van der Waals surface area contributed by atoms with E-state index in [9.17, 15) is 14.4 Å². The Kier molecular flexibility index (Phi) is 6.41. The van der Waals surface area contributed by atoms with Gasteiger partial charge in [0.25, 0.3) is 0 Å². The fourth-order valence-corrected chi connectivity index (χ4v) is 2.86. The van der Waals surface area contributed by atoms with Crippen molar-refractivity contribution >= 4 is 46.1 Å². The maximum atomic E-state index is 12.0. The van der Waals surface area contributed by atoms with Crippen LogP contribution in [0.5, 0.6) is 11.5 Å². The second-order valence-corrected chi connectivity index (χ2v) is 6.55. The fourth-order valence-electron chi connectivity index (χ4n) is 2.40. The summed E-state index contributed by atoms with van der Waals surface area (Å²) in [5, 5.41) is 1.17. The summed E-state index contributed by atoms with van der Waals surface area (Å²) < 4.78 is 20.4. The van der Waals surface area contributed by atoms with Crippen molar-refractivity contribution in [2.24, 2.45) is 0 Å². The first kappa shape index (κ1) is 20.7. The predicted octanol–water partition coefficient (Wildman–Crippen LogP) is 4.26. The minimum Gasteiger partial charge on any atom is -0.480 e. The molecule has 3 aromatic rings. The number of halogens is 2. The third-order valence-electron chi connectivity index (χ3n) is 3.67. The SMILES string of the molecule is CCOC(=O)c1cc2ccc(OC(=O)COc3ccc(Cl)cc3Cl)cc2oc1=O. The molecule has 0 amide bonds. The van der Waals surface area contributed by atoms with Crippen LogP contribution in [0.25, 0.3) is 11.0 Å². The van der Waals surface area contributed by atoms with Crippen molar-refractivity contribution in [1.82, 2.24) is 0 Å². The average Bonchev–Trinajstić information content (AvgIpc) is 2.67. The van der Waals surface area contributed by atoms with Gasteiger partial charge in [-0.2, -0.15) is 0 Å². The van der Waals surface area contributed by atoms with Crippen LogP contribution in [0.2, 0.25) is 10.0 Å². The molecule has 150 valence electrons. The zero-order valence-electron chi connectivity index (χ0n) is 15.1. The number of rotatable bonds is 6. The molecular formula is C20H14Cl2O7. The normalized spacial score (nSPS) is 10.6. The van der Waals surface area contributed by atoms with Gasteiger partial charge in [0.05, 0.1) is 11.6 Å². The fraction of sp³-hybridized carbons (Fsp3) is 0.150. The van der Waals surface area contributed by atoms with Gasteiger partial charge >= 0.3 is 17.6 Å². The number of fused-ring (bicyclic) bond motifs is 1. The maximum Gasteiger partial charge on any atom is 0.351 e. The van der Waals surface area contributed by atoms with Gasteiger partial charge in [0.1, 0.15) is 22.6 Å². The van der Waals surface area contributed by atoms with E-state index in [1.807, 2.05) is 0 Å². The standard InChI is InChI=1S/C20H14Cl2O7/c1-2-26-19(24)14-7-11-3-5-13(9-17(11)29-20(14)25)28-18(23)10-27-16-6-4-12(21)8-15(16)22/h3-9H,2,10H2,1H3. The Morgan fingerprint density at radius 3 is 2.59 bits per heavy atom. The van der Waals surface area contributed by atoms with Gasteiger partial charge in [-0.1, -0.05) is 23.2 Å². The smallest absolute Gasteiger partial charge is 0.351 e. The number of hydrogen-bond donors (Lipinski definition) is 0. The average molecular weight is 437 g/mol. The Labute approximate surface area is 174 Å². The predicted molar refractivity (Wildman–Crippen MR) is 106 cm³/mol. The highest BCUT2D eigenvalue weighted by molar-refractivity contribution is 6.35. The van der Waals surface area contributed by atoms with E-state index < -0.39 is 24.2 Å². The van der Waals surface area contributed by atoms with Crippen molar-refractivity contribution in [2.75, 3.05) is 13.2 Å². The minimum atomic E-state index is -0.847. The van der Waals surface area contributed by atoms with Gasteiger partial charge in [0, 0.05) is 16.5 Å². The first-order valence-electron chi connectivity index (χ1n) is 8.41. The zero-order chi connectivity index (χ0) is 21.0. The molecule has 0 spiro atoms. The highest BCUT2D eigenvalue weighted by atomic mass is 35.5. The van der Waals surface area contributed by atoms with Gasteiger partial charge in [-0.3, -0.25) is 0 Å². The van der Waals surface area contributed by atoms with Crippen LogP contribution in [0, 0.1) is 0 Å². The van der Waals surface area contributed by atoms with Crippen molar-refractivity contribution in [3.05, 3.63) is 68.5 Å². The van der Waals surface area contributed by atoms with Crippen molar-refractivity contribution in [2.45, 2.75) is 6.92 Å². The Hall–Kier alpha value is -3.03. The number of ether oxygens (including phenoxy) is 3. The lowest BCUT2D eigenvalue weighted by Crippen LogP contribution is -2.18. The van der Waals surface area contributed by atoms with Gasteiger partial charge in [0.15, 0.2) is 6.61 Å². The topological polar surface area (TPSA) is 92.0 Å². The molecule has 1 heterocycles. The Morgan fingerprint density at radius 2 is 1.86 bits per heavy atom. The molecule has 3 rings (SSSR count). The van der Waals surface area contributed by atoms with Crippen molar-refractivity contribution in [3.63, 3.8) is 0 Å². The Bertz CT molecular complexity index is 1140. The molecule has 0 aliphatic carbocycles. The summed E-state index contributed by atoms with van der Waals surface area (Å²) >= 11 is 11.8. The summed E-state index contributed by atoms with van der Waals surface area (Å²) in [4.78, 5) is 35.8. The van der Waals surface area contributed by atoms with E-state index >= 15 is 0 Å². The minimum absolute atomic E-state index is 0.133. The molecule has 0 radical (unpaired) electrons. The Balaban J connectivity index is 1.71. The number of benzene rings is 2. The summed E-state index contributed by atoms with van der Waals surface area (Å²) in [5.41, 5.74) is -0.910. The van der Waals surface area contributed by atoms with E-state index in [2.05, 4.69) is 0 Å². The van der Waals surface area contributed by atoms with Crippen molar-refractivity contribution in [1.29, 1.82) is 0 Å². The highest BCUT2D eigenvalue weighted by Gasteiger charge is 2.16. The van der Waals surface area contributed by atoms with Crippen LogP contribution in [0.15, 0.2) is 51.7 Å². The molecular weight excluding hydrogens is 423 g/mol. The van der Waals surface area contributed by atoms with Gasteiger partial charge in [-0.05, 0) is 43.3 Å². The first-order chi connectivity index (χ1) is 13.9. The van der Waals surface area contributed by atoms with Crippen LogP contribution in [0.4, 0.5) is 0 Å². The number of hydrogen-bond acceptors (Lipinski definition) is 7. The second kappa shape index (κ2) is 8.98. The third-order valence-corrected chi connectivity index (χ3v) is 4.20. The van der Waals surface area contributed by atoms with Gasteiger partial charge in [-0.15, -0.1) is 0 Å². The molecule has 0 fully saturated rings.